The fourth-order valence-electron chi connectivity index (χ4n) is 2.45. The SMILES string of the molecule is CCCN(CC1CCCCN1)c1cc(=O)[nH]cn1. The lowest BCUT2D eigenvalue weighted by Crippen LogP contribution is -2.44. The van der Waals surface area contributed by atoms with E-state index in [-0.39, 0.29) is 5.56 Å². The number of aromatic nitrogens is 2. The van der Waals surface area contributed by atoms with Crippen molar-refractivity contribution >= 4 is 5.82 Å². The summed E-state index contributed by atoms with van der Waals surface area (Å²) in [6.45, 7) is 5.13. The van der Waals surface area contributed by atoms with Gasteiger partial charge in [0, 0.05) is 25.2 Å². The van der Waals surface area contributed by atoms with Crippen LogP contribution in [0, 0.1) is 0 Å². The average Bonchev–Trinajstić information content (AvgIpc) is 2.39. The molecule has 1 fully saturated rings. The summed E-state index contributed by atoms with van der Waals surface area (Å²) in [5.74, 6) is 0.785. The fraction of sp³-hybridized carbons (Fsp3) is 0.692. The molecule has 0 aromatic carbocycles. The van der Waals surface area contributed by atoms with Crippen molar-refractivity contribution in [3.8, 4) is 0 Å². The second-order valence-corrected chi connectivity index (χ2v) is 4.86. The smallest absolute Gasteiger partial charge is 0.252 e. The summed E-state index contributed by atoms with van der Waals surface area (Å²) in [7, 11) is 0. The van der Waals surface area contributed by atoms with Crippen molar-refractivity contribution in [3.05, 3.63) is 22.7 Å². The molecule has 1 aromatic rings. The van der Waals surface area contributed by atoms with Gasteiger partial charge >= 0.3 is 0 Å². The minimum absolute atomic E-state index is 0.0855. The number of aromatic amines is 1. The van der Waals surface area contributed by atoms with Crippen molar-refractivity contribution in [2.75, 3.05) is 24.5 Å². The first-order valence-electron chi connectivity index (χ1n) is 6.82. The lowest BCUT2D eigenvalue weighted by molar-refractivity contribution is 0.398. The molecule has 100 valence electrons. The van der Waals surface area contributed by atoms with Crippen LogP contribution in [0.1, 0.15) is 32.6 Å². The molecule has 0 radical (unpaired) electrons. The lowest BCUT2D eigenvalue weighted by Gasteiger charge is -2.31. The molecule has 18 heavy (non-hydrogen) atoms. The van der Waals surface area contributed by atoms with Gasteiger partial charge in [-0.15, -0.1) is 0 Å². The van der Waals surface area contributed by atoms with Crippen LogP contribution in [0.3, 0.4) is 0 Å². The summed E-state index contributed by atoms with van der Waals surface area (Å²) >= 11 is 0. The molecule has 0 bridgehead atoms. The van der Waals surface area contributed by atoms with Crippen LogP contribution >= 0.6 is 0 Å². The van der Waals surface area contributed by atoms with Crippen molar-refractivity contribution in [1.82, 2.24) is 15.3 Å². The third-order valence-corrected chi connectivity index (χ3v) is 3.33. The van der Waals surface area contributed by atoms with Gasteiger partial charge in [0.05, 0.1) is 6.33 Å². The van der Waals surface area contributed by atoms with E-state index in [1.54, 1.807) is 6.07 Å². The first-order valence-corrected chi connectivity index (χ1v) is 6.82. The Hall–Kier alpha value is -1.36. The summed E-state index contributed by atoms with van der Waals surface area (Å²) in [5.41, 5.74) is -0.0855. The van der Waals surface area contributed by atoms with Gasteiger partial charge in [-0.2, -0.15) is 0 Å². The zero-order valence-electron chi connectivity index (χ0n) is 11.0. The molecular weight excluding hydrogens is 228 g/mol. The van der Waals surface area contributed by atoms with E-state index in [2.05, 4.69) is 27.1 Å². The third kappa shape index (κ3) is 3.57. The number of piperidine rings is 1. The molecule has 2 N–H and O–H groups in total. The second kappa shape index (κ2) is 6.54. The van der Waals surface area contributed by atoms with Gasteiger partial charge in [-0.05, 0) is 25.8 Å². The number of anilines is 1. The number of H-pyrrole nitrogens is 1. The number of hydrogen-bond acceptors (Lipinski definition) is 4. The molecule has 2 heterocycles. The Morgan fingerprint density at radius 1 is 1.50 bits per heavy atom. The largest absolute Gasteiger partial charge is 0.355 e. The summed E-state index contributed by atoms with van der Waals surface area (Å²) in [6, 6.07) is 2.10. The van der Waals surface area contributed by atoms with Gasteiger partial charge < -0.3 is 15.2 Å². The Balaban J connectivity index is 2.04. The highest BCUT2D eigenvalue weighted by Gasteiger charge is 2.17. The van der Waals surface area contributed by atoms with Crippen LogP contribution < -0.4 is 15.8 Å². The van der Waals surface area contributed by atoms with E-state index in [0.29, 0.717) is 6.04 Å². The molecule has 5 heteroatoms. The van der Waals surface area contributed by atoms with Crippen LogP contribution in [0.2, 0.25) is 0 Å². The lowest BCUT2D eigenvalue weighted by atomic mass is 10.0. The Morgan fingerprint density at radius 3 is 3.06 bits per heavy atom. The normalized spacial score (nSPS) is 19.7. The molecule has 0 spiro atoms. The monoisotopic (exact) mass is 250 g/mol. The van der Waals surface area contributed by atoms with Gasteiger partial charge in [0.15, 0.2) is 0 Å². The highest BCUT2D eigenvalue weighted by molar-refractivity contribution is 5.36. The number of nitrogens with one attached hydrogen (secondary N) is 2. The molecule has 1 atom stereocenters. The van der Waals surface area contributed by atoms with E-state index in [9.17, 15) is 4.79 Å². The molecular formula is C13H22N4O. The number of rotatable bonds is 5. The second-order valence-electron chi connectivity index (χ2n) is 4.86. The van der Waals surface area contributed by atoms with Gasteiger partial charge in [-0.25, -0.2) is 4.98 Å². The first-order chi connectivity index (χ1) is 8.79. The molecule has 0 amide bonds. The van der Waals surface area contributed by atoms with Crippen molar-refractivity contribution < 1.29 is 0 Å². The maximum absolute atomic E-state index is 11.4. The van der Waals surface area contributed by atoms with Gasteiger partial charge in [-0.1, -0.05) is 13.3 Å². The predicted octanol–water partition coefficient (Wildman–Crippen LogP) is 1.13. The average molecular weight is 250 g/mol. The summed E-state index contributed by atoms with van der Waals surface area (Å²) in [4.78, 5) is 20.4. The topological polar surface area (TPSA) is 61.0 Å². The van der Waals surface area contributed by atoms with E-state index in [1.807, 2.05) is 0 Å². The number of hydrogen-bond donors (Lipinski definition) is 2. The van der Waals surface area contributed by atoms with Gasteiger partial charge in [0.1, 0.15) is 5.82 Å². The van der Waals surface area contributed by atoms with E-state index in [4.69, 9.17) is 0 Å². The van der Waals surface area contributed by atoms with Crippen molar-refractivity contribution in [1.29, 1.82) is 0 Å². The van der Waals surface area contributed by atoms with Gasteiger partial charge in [-0.3, -0.25) is 4.79 Å². The van der Waals surface area contributed by atoms with Gasteiger partial charge in [0.2, 0.25) is 0 Å². The van der Waals surface area contributed by atoms with E-state index in [1.165, 1.54) is 25.6 Å². The first kappa shape index (κ1) is 13.1. The maximum Gasteiger partial charge on any atom is 0.252 e. The highest BCUT2D eigenvalue weighted by Crippen LogP contribution is 2.13. The minimum atomic E-state index is -0.0855. The predicted molar refractivity (Wildman–Crippen MR) is 73.0 cm³/mol. The van der Waals surface area contributed by atoms with Gasteiger partial charge in [0.25, 0.3) is 5.56 Å². The Morgan fingerprint density at radius 2 is 2.39 bits per heavy atom. The molecule has 1 aliphatic rings. The molecule has 1 aromatic heterocycles. The van der Waals surface area contributed by atoms with E-state index >= 15 is 0 Å². The third-order valence-electron chi connectivity index (χ3n) is 3.33. The van der Waals surface area contributed by atoms with Crippen LogP contribution in [0.5, 0.6) is 0 Å². The molecule has 1 unspecified atom stereocenters. The maximum atomic E-state index is 11.4. The van der Waals surface area contributed by atoms with E-state index in [0.717, 1.165) is 31.9 Å². The standard InChI is InChI=1S/C13H22N4O/c1-2-7-17(9-11-5-3-4-6-14-11)12-8-13(18)16-10-15-12/h8,10-11,14H,2-7,9H2,1H3,(H,15,16,18). The summed E-state index contributed by atoms with van der Waals surface area (Å²) in [6.07, 6.45) is 6.31. The summed E-state index contributed by atoms with van der Waals surface area (Å²) < 4.78 is 0. The van der Waals surface area contributed by atoms with Crippen molar-refractivity contribution in [3.63, 3.8) is 0 Å². The quantitative estimate of drug-likeness (QED) is 0.822. The van der Waals surface area contributed by atoms with Crippen LogP contribution in [0.25, 0.3) is 0 Å². The Kier molecular flexibility index (Phi) is 4.75. The molecule has 0 saturated carbocycles. The summed E-state index contributed by atoms with van der Waals surface area (Å²) in [5, 5.41) is 3.54. The molecule has 1 aliphatic heterocycles. The van der Waals surface area contributed by atoms with Crippen molar-refractivity contribution in [2.24, 2.45) is 0 Å². The highest BCUT2D eigenvalue weighted by atomic mass is 16.1. The molecule has 0 aliphatic carbocycles. The molecule has 2 rings (SSSR count). The zero-order valence-corrected chi connectivity index (χ0v) is 11.0. The Labute approximate surface area is 108 Å². The van der Waals surface area contributed by atoms with Crippen LogP contribution in [-0.4, -0.2) is 35.6 Å². The van der Waals surface area contributed by atoms with Crippen molar-refractivity contribution in [2.45, 2.75) is 38.6 Å². The van der Waals surface area contributed by atoms with Crippen LogP contribution in [0.15, 0.2) is 17.2 Å². The Bertz CT molecular complexity index is 411. The minimum Gasteiger partial charge on any atom is -0.355 e. The molecule has 1 saturated heterocycles. The van der Waals surface area contributed by atoms with Crippen LogP contribution in [0.4, 0.5) is 5.82 Å². The van der Waals surface area contributed by atoms with Crippen LogP contribution in [-0.2, 0) is 0 Å². The number of nitrogens with zero attached hydrogens (tertiary/aromatic N) is 2. The fourth-order valence-corrected chi connectivity index (χ4v) is 2.45. The molecule has 5 nitrogen and oxygen atoms in total. The zero-order chi connectivity index (χ0) is 12.8. The van der Waals surface area contributed by atoms with E-state index < -0.39 is 0 Å².